The van der Waals surface area contributed by atoms with E-state index < -0.39 is 23.9 Å². The Morgan fingerprint density at radius 2 is 1.78 bits per heavy atom. The second-order valence-electron chi connectivity index (χ2n) is 5.92. The van der Waals surface area contributed by atoms with Crippen molar-refractivity contribution in [2.45, 2.75) is 67.4 Å². The van der Waals surface area contributed by atoms with Crippen molar-refractivity contribution in [3.05, 3.63) is 29.6 Å². The van der Waals surface area contributed by atoms with Crippen LogP contribution in [0.5, 0.6) is 0 Å². The third kappa shape index (κ3) is 8.43. The first-order valence-electron chi connectivity index (χ1n) is 8.88. The highest BCUT2D eigenvalue weighted by atomic mass is 32.1. The second kappa shape index (κ2) is 11.6. The molecule has 152 valence electrons. The first-order valence-corrected chi connectivity index (χ1v) is 9.66. The largest absolute Gasteiger partial charge is 0.444 e. The van der Waals surface area contributed by atoms with Gasteiger partial charge in [-0.3, -0.25) is 5.32 Å². The molecule has 0 fully saturated rings. The van der Waals surface area contributed by atoms with Crippen LogP contribution in [0.15, 0.2) is 18.2 Å². The average molecular weight is 402 g/mol. The fourth-order valence-corrected chi connectivity index (χ4v) is 2.41. The third-order valence-electron chi connectivity index (χ3n) is 2.76. The zero-order chi connectivity index (χ0) is 21.2. The summed E-state index contributed by atoms with van der Waals surface area (Å²) in [5.74, 6) is -0.493. The van der Waals surface area contributed by atoms with Crippen LogP contribution < -0.4 is 5.32 Å². The van der Waals surface area contributed by atoms with Crippen LogP contribution in [0.25, 0.3) is 10.6 Å². The number of amides is 1. The van der Waals surface area contributed by atoms with E-state index in [1.807, 2.05) is 34.6 Å². The molecule has 1 amide bonds. The predicted molar refractivity (Wildman–Crippen MR) is 108 cm³/mol. The minimum atomic E-state index is -2.70. The van der Waals surface area contributed by atoms with Gasteiger partial charge in [0.2, 0.25) is 5.82 Å². The Balaban J connectivity index is 0.00000158. The standard InChI is InChI=1S/C15H17F2N3O2S.2C2H6/c1-8-5-6-9(13-19-12(11(16)17)20-23-13)7-10(8)18-14(21)22-15(2,3)4;2*1-2/h5-7,11H,1-4H3,(H,18,21);2*1-2H3. The number of hydrogen-bond donors (Lipinski definition) is 1. The van der Waals surface area contributed by atoms with Crippen LogP contribution in [0.2, 0.25) is 0 Å². The summed E-state index contributed by atoms with van der Waals surface area (Å²) >= 11 is 0.889. The molecule has 27 heavy (non-hydrogen) atoms. The van der Waals surface area contributed by atoms with Gasteiger partial charge in [0.05, 0.1) is 0 Å². The van der Waals surface area contributed by atoms with E-state index in [0.717, 1.165) is 17.1 Å². The summed E-state index contributed by atoms with van der Waals surface area (Å²) < 4.78 is 34.0. The number of aromatic nitrogens is 2. The van der Waals surface area contributed by atoms with E-state index in [1.165, 1.54) is 0 Å². The van der Waals surface area contributed by atoms with Crippen molar-refractivity contribution in [2.75, 3.05) is 5.32 Å². The smallest absolute Gasteiger partial charge is 0.412 e. The van der Waals surface area contributed by atoms with E-state index in [0.29, 0.717) is 16.3 Å². The number of carbonyl (C=O) groups is 1. The molecule has 0 spiro atoms. The zero-order valence-electron chi connectivity index (χ0n) is 17.2. The number of rotatable bonds is 3. The van der Waals surface area contributed by atoms with Gasteiger partial charge in [0.1, 0.15) is 10.6 Å². The number of benzene rings is 1. The van der Waals surface area contributed by atoms with Gasteiger partial charge in [-0.2, -0.15) is 4.37 Å². The Morgan fingerprint density at radius 1 is 1.19 bits per heavy atom. The zero-order valence-corrected chi connectivity index (χ0v) is 18.0. The van der Waals surface area contributed by atoms with Gasteiger partial charge >= 0.3 is 6.09 Å². The minimum absolute atomic E-state index is 0.368. The van der Waals surface area contributed by atoms with Crippen LogP contribution in [0.4, 0.5) is 19.3 Å². The number of halogens is 2. The molecule has 0 aliphatic rings. The molecule has 0 aliphatic carbocycles. The molecule has 5 nitrogen and oxygen atoms in total. The summed E-state index contributed by atoms with van der Waals surface area (Å²) in [7, 11) is 0. The molecule has 0 atom stereocenters. The van der Waals surface area contributed by atoms with Gasteiger partial charge in [-0.25, -0.2) is 18.6 Å². The second-order valence-corrected chi connectivity index (χ2v) is 6.67. The van der Waals surface area contributed by atoms with Crippen molar-refractivity contribution in [1.82, 2.24) is 9.36 Å². The third-order valence-corrected chi connectivity index (χ3v) is 3.54. The number of aryl methyl sites for hydroxylation is 1. The first-order chi connectivity index (χ1) is 12.7. The number of alkyl halides is 2. The molecule has 0 radical (unpaired) electrons. The first kappa shape index (κ1) is 24.9. The molecule has 0 unspecified atom stereocenters. The number of carbonyl (C=O) groups excluding carboxylic acids is 1. The molecular formula is C19H29F2N3O2S. The summed E-state index contributed by atoms with van der Waals surface area (Å²) in [5, 5.41) is 3.02. The molecule has 0 aliphatic heterocycles. The molecule has 1 aromatic heterocycles. The molecule has 0 bridgehead atoms. The Hall–Kier alpha value is -2.09. The Kier molecular flexibility index (Phi) is 10.7. The Morgan fingerprint density at radius 3 is 2.26 bits per heavy atom. The monoisotopic (exact) mass is 401 g/mol. The average Bonchev–Trinajstić information content (AvgIpc) is 3.09. The molecule has 1 N–H and O–H groups in total. The molecule has 2 rings (SSSR count). The maximum atomic E-state index is 12.6. The highest BCUT2D eigenvalue weighted by molar-refractivity contribution is 7.09. The summed E-state index contributed by atoms with van der Waals surface area (Å²) in [4.78, 5) is 15.7. The summed E-state index contributed by atoms with van der Waals surface area (Å²) in [6.45, 7) is 15.1. The number of anilines is 1. The van der Waals surface area contributed by atoms with Crippen molar-refractivity contribution in [3.63, 3.8) is 0 Å². The molecule has 0 saturated carbocycles. The number of hydrogen-bond acceptors (Lipinski definition) is 5. The van der Waals surface area contributed by atoms with Crippen molar-refractivity contribution in [2.24, 2.45) is 0 Å². The lowest BCUT2D eigenvalue weighted by atomic mass is 10.1. The quantitative estimate of drug-likeness (QED) is 0.611. The van der Waals surface area contributed by atoms with E-state index >= 15 is 0 Å². The van der Waals surface area contributed by atoms with Crippen molar-refractivity contribution < 1.29 is 18.3 Å². The lowest BCUT2D eigenvalue weighted by molar-refractivity contribution is 0.0636. The van der Waals surface area contributed by atoms with Crippen LogP contribution in [-0.2, 0) is 4.74 Å². The van der Waals surface area contributed by atoms with Crippen molar-refractivity contribution >= 4 is 23.3 Å². The lowest BCUT2D eigenvalue weighted by Gasteiger charge is -2.20. The van der Waals surface area contributed by atoms with E-state index in [-0.39, 0.29) is 0 Å². The maximum absolute atomic E-state index is 12.6. The molecule has 8 heteroatoms. The van der Waals surface area contributed by atoms with E-state index in [9.17, 15) is 13.6 Å². The van der Waals surface area contributed by atoms with Gasteiger partial charge in [0.25, 0.3) is 6.43 Å². The number of nitrogens with zero attached hydrogens (tertiary/aromatic N) is 2. The van der Waals surface area contributed by atoms with E-state index in [4.69, 9.17) is 4.74 Å². The van der Waals surface area contributed by atoms with E-state index in [1.54, 1.807) is 39.0 Å². The number of nitrogens with one attached hydrogen (secondary N) is 1. The van der Waals surface area contributed by atoms with Crippen LogP contribution in [-0.4, -0.2) is 21.1 Å². The predicted octanol–water partition coefficient (Wildman–Crippen LogP) is 6.85. The Labute approximate surface area is 164 Å². The van der Waals surface area contributed by atoms with Crippen molar-refractivity contribution in [3.8, 4) is 10.6 Å². The molecule has 1 aromatic carbocycles. The maximum Gasteiger partial charge on any atom is 0.412 e. The summed E-state index contributed by atoms with van der Waals surface area (Å²) in [5.41, 5.74) is 1.34. The van der Waals surface area contributed by atoms with Crippen LogP contribution in [0.3, 0.4) is 0 Å². The topological polar surface area (TPSA) is 64.1 Å². The summed E-state index contributed by atoms with van der Waals surface area (Å²) in [6.07, 6.45) is -3.28. The SMILES string of the molecule is CC.CC.Cc1ccc(-c2nc(C(F)F)ns2)cc1NC(=O)OC(C)(C)C. The molecule has 1 heterocycles. The summed E-state index contributed by atoms with van der Waals surface area (Å²) in [6, 6.07) is 5.17. The molecule has 0 saturated heterocycles. The Bertz CT molecular complexity index is 713. The lowest BCUT2D eigenvalue weighted by Crippen LogP contribution is -2.27. The number of ether oxygens (including phenoxy) is 1. The van der Waals surface area contributed by atoms with E-state index in [2.05, 4.69) is 14.7 Å². The van der Waals surface area contributed by atoms with Gasteiger partial charge in [0, 0.05) is 11.3 Å². The normalized spacial score (nSPS) is 10.3. The van der Waals surface area contributed by atoms with Gasteiger partial charge in [-0.15, -0.1) is 0 Å². The molecule has 2 aromatic rings. The minimum Gasteiger partial charge on any atom is -0.444 e. The van der Waals surface area contributed by atoms with Crippen LogP contribution in [0, 0.1) is 6.92 Å². The van der Waals surface area contributed by atoms with Gasteiger partial charge in [-0.1, -0.05) is 39.8 Å². The van der Waals surface area contributed by atoms with Crippen LogP contribution in [0.1, 0.15) is 66.3 Å². The van der Waals surface area contributed by atoms with Gasteiger partial charge in [0.15, 0.2) is 0 Å². The highest BCUT2D eigenvalue weighted by Crippen LogP contribution is 2.29. The fraction of sp³-hybridized carbons (Fsp3) is 0.526. The highest BCUT2D eigenvalue weighted by Gasteiger charge is 2.18. The van der Waals surface area contributed by atoms with Gasteiger partial charge in [-0.05, 0) is 50.9 Å². The van der Waals surface area contributed by atoms with Crippen LogP contribution >= 0.6 is 11.5 Å². The fourth-order valence-electron chi connectivity index (χ4n) is 1.74. The van der Waals surface area contributed by atoms with Gasteiger partial charge < -0.3 is 4.74 Å². The van der Waals surface area contributed by atoms with Crippen molar-refractivity contribution in [1.29, 1.82) is 0 Å². The molecular weight excluding hydrogens is 372 g/mol.